The molecule has 0 aliphatic carbocycles. The summed E-state index contributed by atoms with van der Waals surface area (Å²) in [6.07, 6.45) is 5.04. The summed E-state index contributed by atoms with van der Waals surface area (Å²) in [5.41, 5.74) is 2.77. The molecule has 1 aliphatic heterocycles. The molecular formula is C14H18O2S. The Morgan fingerprint density at radius 3 is 3.12 bits per heavy atom. The zero-order valence-corrected chi connectivity index (χ0v) is 10.9. The first kappa shape index (κ1) is 12.5. The number of thioether (sulfide) groups is 1. The highest BCUT2D eigenvalue weighted by Crippen LogP contribution is 2.33. The molecule has 0 saturated carbocycles. The second-order valence-electron chi connectivity index (χ2n) is 4.12. The number of hydrogen-bond donors (Lipinski definition) is 1. The van der Waals surface area contributed by atoms with Crippen molar-refractivity contribution < 1.29 is 9.84 Å². The maximum Gasteiger partial charge on any atom is 0.119 e. The lowest BCUT2D eigenvalue weighted by atomic mass is 10.0. The molecule has 0 saturated heterocycles. The van der Waals surface area contributed by atoms with E-state index in [1.807, 2.05) is 17.8 Å². The molecule has 2 rings (SSSR count). The van der Waals surface area contributed by atoms with Gasteiger partial charge in [0.1, 0.15) is 5.75 Å². The van der Waals surface area contributed by atoms with E-state index in [0.717, 1.165) is 30.8 Å². The summed E-state index contributed by atoms with van der Waals surface area (Å²) in [6, 6.07) is 6.29. The lowest BCUT2D eigenvalue weighted by Gasteiger charge is -2.08. The molecule has 92 valence electrons. The molecule has 17 heavy (non-hydrogen) atoms. The molecule has 0 unspecified atom stereocenters. The Morgan fingerprint density at radius 2 is 2.35 bits per heavy atom. The topological polar surface area (TPSA) is 29.5 Å². The quantitative estimate of drug-likeness (QED) is 0.836. The third-order valence-corrected chi connectivity index (χ3v) is 4.05. The first-order valence-corrected chi connectivity index (χ1v) is 6.90. The number of allylic oxidation sites excluding steroid dienone is 1. The van der Waals surface area contributed by atoms with Crippen molar-refractivity contribution in [1.29, 1.82) is 0 Å². The highest BCUT2D eigenvalue weighted by molar-refractivity contribution is 7.99. The van der Waals surface area contributed by atoms with Crippen LogP contribution in [0.1, 0.15) is 18.4 Å². The molecular weight excluding hydrogens is 232 g/mol. The predicted molar refractivity (Wildman–Crippen MR) is 71.8 cm³/mol. The number of benzene rings is 1. The number of ether oxygens (including phenoxy) is 1. The third-order valence-electron chi connectivity index (χ3n) is 2.93. The van der Waals surface area contributed by atoms with Gasteiger partial charge in [-0.3, -0.25) is 0 Å². The van der Waals surface area contributed by atoms with E-state index in [-0.39, 0.29) is 6.61 Å². The first-order chi connectivity index (χ1) is 8.33. The summed E-state index contributed by atoms with van der Waals surface area (Å²) in [5, 5.41) is 8.87. The normalized spacial score (nSPS) is 17.6. The number of aliphatic hydroxyl groups excluding tert-OH is 1. The Kier molecular flexibility index (Phi) is 4.51. The van der Waals surface area contributed by atoms with E-state index < -0.39 is 0 Å². The molecule has 1 aliphatic rings. The van der Waals surface area contributed by atoms with E-state index in [1.54, 1.807) is 7.11 Å². The van der Waals surface area contributed by atoms with Crippen molar-refractivity contribution >= 4 is 11.8 Å². The van der Waals surface area contributed by atoms with Crippen LogP contribution in [0.4, 0.5) is 0 Å². The van der Waals surface area contributed by atoms with Crippen LogP contribution in [0.5, 0.6) is 5.75 Å². The van der Waals surface area contributed by atoms with Crippen LogP contribution in [0.25, 0.3) is 0 Å². The minimum Gasteiger partial charge on any atom is -0.497 e. The van der Waals surface area contributed by atoms with Crippen molar-refractivity contribution in [2.75, 3.05) is 19.5 Å². The summed E-state index contributed by atoms with van der Waals surface area (Å²) < 4.78 is 5.27. The van der Waals surface area contributed by atoms with Crippen LogP contribution >= 0.6 is 11.8 Å². The monoisotopic (exact) mass is 250 g/mol. The van der Waals surface area contributed by atoms with E-state index in [9.17, 15) is 0 Å². The van der Waals surface area contributed by atoms with Crippen LogP contribution in [-0.4, -0.2) is 24.6 Å². The molecule has 2 nitrogen and oxygen atoms in total. The Balaban J connectivity index is 2.22. The molecule has 1 aromatic carbocycles. The van der Waals surface area contributed by atoms with E-state index in [0.29, 0.717) is 0 Å². The van der Waals surface area contributed by atoms with E-state index >= 15 is 0 Å². The summed E-state index contributed by atoms with van der Waals surface area (Å²) in [5.74, 6) is 2.05. The molecule has 0 aromatic heterocycles. The van der Waals surface area contributed by atoms with Crippen molar-refractivity contribution in [3.05, 3.63) is 35.4 Å². The number of methoxy groups -OCH3 is 1. The smallest absolute Gasteiger partial charge is 0.119 e. The van der Waals surface area contributed by atoms with Gasteiger partial charge in [-0.1, -0.05) is 11.6 Å². The van der Waals surface area contributed by atoms with Gasteiger partial charge in [-0.05, 0) is 43.0 Å². The molecule has 0 fully saturated rings. The molecule has 1 heterocycles. The van der Waals surface area contributed by atoms with Crippen LogP contribution in [0.15, 0.2) is 34.7 Å². The number of fused-ring (bicyclic) bond motifs is 1. The molecule has 0 spiro atoms. The maximum atomic E-state index is 8.87. The summed E-state index contributed by atoms with van der Waals surface area (Å²) in [7, 11) is 1.70. The highest BCUT2D eigenvalue weighted by atomic mass is 32.2. The molecule has 3 heteroatoms. The lowest BCUT2D eigenvalue weighted by Crippen LogP contribution is -1.93. The highest BCUT2D eigenvalue weighted by Gasteiger charge is 2.12. The second-order valence-corrected chi connectivity index (χ2v) is 5.26. The van der Waals surface area contributed by atoms with Crippen molar-refractivity contribution in [3.8, 4) is 5.75 Å². The number of aliphatic hydroxyl groups is 1. The van der Waals surface area contributed by atoms with Gasteiger partial charge in [0, 0.05) is 17.3 Å². The average molecular weight is 250 g/mol. The predicted octanol–water partition coefficient (Wildman–Crippen LogP) is 3.04. The minimum atomic E-state index is 0.238. The van der Waals surface area contributed by atoms with E-state index in [4.69, 9.17) is 9.84 Å². The van der Waals surface area contributed by atoms with Gasteiger partial charge < -0.3 is 9.84 Å². The van der Waals surface area contributed by atoms with Gasteiger partial charge in [0.25, 0.3) is 0 Å². The summed E-state index contributed by atoms with van der Waals surface area (Å²) in [6.45, 7) is 0.238. The molecule has 0 bridgehead atoms. The fourth-order valence-electron chi connectivity index (χ4n) is 2.03. The Labute approximate surface area is 107 Å². The summed E-state index contributed by atoms with van der Waals surface area (Å²) >= 11 is 1.91. The van der Waals surface area contributed by atoms with Gasteiger partial charge in [-0.2, -0.15) is 0 Å². The largest absolute Gasteiger partial charge is 0.497 e. The standard InChI is InChI=1S/C14H18O2S/c1-16-13-4-5-14-12(10-13)9-11(3-2-7-15)6-8-17-14/h3-5,10,15H,2,6-9H2,1H3. The zero-order chi connectivity index (χ0) is 12.1. The van der Waals surface area contributed by atoms with Gasteiger partial charge in [0.2, 0.25) is 0 Å². The van der Waals surface area contributed by atoms with Crippen LogP contribution in [0, 0.1) is 0 Å². The van der Waals surface area contributed by atoms with Gasteiger partial charge in [0.15, 0.2) is 0 Å². The number of rotatable bonds is 3. The van der Waals surface area contributed by atoms with Crippen molar-refractivity contribution in [1.82, 2.24) is 0 Å². The Morgan fingerprint density at radius 1 is 1.47 bits per heavy atom. The molecule has 0 radical (unpaired) electrons. The van der Waals surface area contributed by atoms with E-state index in [1.165, 1.54) is 16.0 Å². The van der Waals surface area contributed by atoms with Crippen LogP contribution < -0.4 is 4.74 Å². The fourth-order valence-corrected chi connectivity index (χ4v) is 3.09. The second kappa shape index (κ2) is 6.12. The van der Waals surface area contributed by atoms with Crippen molar-refractivity contribution in [2.45, 2.75) is 24.2 Å². The van der Waals surface area contributed by atoms with Crippen molar-refractivity contribution in [3.63, 3.8) is 0 Å². The third kappa shape index (κ3) is 3.27. The molecule has 1 aromatic rings. The average Bonchev–Trinajstić information content (AvgIpc) is 2.56. The van der Waals surface area contributed by atoms with Crippen LogP contribution in [0.3, 0.4) is 0 Å². The van der Waals surface area contributed by atoms with Crippen LogP contribution in [0.2, 0.25) is 0 Å². The Hall–Kier alpha value is -0.930. The molecule has 1 N–H and O–H groups in total. The minimum absolute atomic E-state index is 0.238. The van der Waals surface area contributed by atoms with Crippen molar-refractivity contribution in [2.24, 2.45) is 0 Å². The Bertz CT molecular complexity index is 413. The van der Waals surface area contributed by atoms with Gasteiger partial charge in [-0.25, -0.2) is 0 Å². The van der Waals surface area contributed by atoms with Gasteiger partial charge in [-0.15, -0.1) is 11.8 Å². The number of hydrogen-bond acceptors (Lipinski definition) is 3. The van der Waals surface area contributed by atoms with Crippen LogP contribution in [-0.2, 0) is 6.42 Å². The van der Waals surface area contributed by atoms with Gasteiger partial charge in [0.05, 0.1) is 7.11 Å². The SMILES string of the molecule is COc1ccc2c(c1)CC(=CCCO)CCS2. The lowest BCUT2D eigenvalue weighted by molar-refractivity contribution is 0.302. The molecule has 0 atom stereocenters. The van der Waals surface area contributed by atoms with E-state index in [2.05, 4.69) is 18.2 Å². The first-order valence-electron chi connectivity index (χ1n) is 5.92. The zero-order valence-electron chi connectivity index (χ0n) is 10.1. The maximum absolute atomic E-state index is 8.87. The molecule has 0 amide bonds. The fraction of sp³-hybridized carbons (Fsp3) is 0.429. The van der Waals surface area contributed by atoms with Gasteiger partial charge >= 0.3 is 0 Å². The summed E-state index contributed by atoms with van der Waals surface area (Å²) in [4.78, 5) is 1.36.